The SMILES string of the molecule is O=C[C@@H]1CCCN1C(=O)[C@H]1NCSC1C(=O)CCCCCC1Cc2ccccc2C1. The van der Waals surface area contributed by atoms with E-state index in [9.17, 15) is 14.4 Å². The van der Waals surface area contributed by atoms with E-state index in [1.165, 1.54) is 48.6 Å². The van der Waals surface area contributed by atoms with E-state index in [4.69, 9.17) is 0 Å². The van der Waals surface area contributed by atoms with E-state index in [0.29, 0.717) is 18.8 Å². The predicted octanol–water partition coefficient (Wildman–Crippen LogP) is 3.14. The van der Waals surface area contributed by atoms with Crippen molar-refractivity contribution in [1.82, 2.24) is 10.2 Å². The first-order valence-electron chi connectivity index (χ1n) is 11.4. The number of aldehydes is 1. The molecular weight excluding hydrogens is 396 g/mol. The summed E-state index contributed by atoms with van der Waals surface area (Å²) in [6, 6.07) is 7.96. The van der Waals surface area contributed by atoms with Gasteiger partial charge in [-0.2, -0.15) is 0 Å². The van der Waals surface area contributed by atoms with Crippen molar-refractivity contribution in [3.05, 3.63) is 35.4 Å². The smallest absolute Gasteiger partial charge is 0.241 e. The van der Waals surface area contributed by atoms with Crippen molar-refractivity contribution < 1.29 is 14.4 Å². The van der Waals surface area contributed by atoms with Crippen LogP contribution in [0.3, 0.4) is 0 Å². The molecule has 6 heteroatoms. The summed E-state index contributed by atoms with van der Waals surface area (Å²) in [5.74, 6) is 1.47. The van der Waals surface area contributed by atoms with Crippen LogP contribution in [0.2, 0.25) is 0 Å². The van der Waals surface area contributed by atoms with Crippen molar-refractivity contribution in [1.29, 1.82) is 0 Å². The zero-order valence-electron chi connectivity index (χ0n) is 17.6. The molecule has 0 spiro atoms. The van der Waals surface area contributed by atoms with Crippen LogP contribution in [-0.2, 0) is 27.2 Å². The van der Waals surface area contributed by atoms with Gasteiger partial charge in [0.2, 0.25) is 5.91 Å². The lowest BCUT2D eigenvalue weighted by Crippen LogP contribution is -2.51. The molecule has 2 saturated heterocycles. The number of hydrogen-bond donors (Lipinski definition) is 1. The Bertz CT molecular complexity index is 758. The molecular formula is C24H32N2O3S. The van der Waals surface area contributed by atoms with Crippen LogP contribution in [0.5, 0.6) is 0 Å². The fraction of sp³-hybridized carbons (Fsp3) is 0.625. The van der Waals surface area contributed by atoms with Gasteiger partial charge in [-0.25, -0.2) is 0 Å². The Kier molecular flexibility index (Phi) is 7.26. The summed E-state index contributed by atoms with van der Waals surface area (Å²) in [6.45, 7) is 0.622. The molecule has 1 aromatic carbocycles. The average Bonchev–Trinajstić information content (AvgIpc) is 3.51. The first kappa shape index (κ1) is 21.6. The number of ketones is 1. The summed E-state index contributed by atoms with van der Waals surface area (Å²) < 4.78 is 0. The van der Waals surface area contributed by atoms with Crippen LogP contribution in [-0.4, -0.2) is 52.6 Å². The number of Topliss-reactive ketones (excluding diaryl/α,β-unsaturated/α-hetero) is 1. The van der Waals surface area contributed by atoms with Gasteiger partial charge in [-0.15, -0.1) is 11.8 Å². The molecule has 2 heterocycles. The van der Waals surface area contributed by atoms with Gasteiger partial charge in [-0.1, -0.05) is 37.1 Å². The predicted molar refractivity (Wildman–Crippen MR) is 119 cm³/mol. The summed E-state index contributed by atoms with van der Waals surface area (Å²) in [5.41, 5.74) is 3.02. The molecule has 4 rings (SSSR count). The Morgan fingerprint density at radius 1 is 1.13 bits per heavy atom. The Balaban J connectivity index is 1.18. The molecule has 3 aliphatic rings. The van der Waals surface area contributed by atoms with E-state index in [1.807, 2.05) is 0 Å². The average molecular weight is 429 g/mol. The van der Waals surface area contributed by atoms with Crippen LogP contribution < -0.4 is 5.32 Å². The Labute approximate surface area is 183 Å². The van der Waals surface area contributed by atoms with Crippen molar-refractivity contribution in [3.63, 3.8) is 0 Å². The first-order chi connectivity index (χ1) is 14.7. The second kappa shape index (κ2) is 10.1. The number of nitrogens with zero attached hydrogens (tertiary/aromatic N) is 1. The highest BCUT2D eigenvalue weighted by molar-refractivity contribution is 8.00. The fourth-order valence-electron chi connectivity index (χ4n) is 5.22. The molecule has 3 atom stereocenters. The number of hydrogen-bond acceptors (Lipinski definition) is 5. The number of benzene rings is 1. The van der Waals surface area contributed by atoms with Crippen LogP contribution in [0, 0.1) is 5.92 Å². The number of nitrogens with one attached hydrogen (secondary N) is 1. The summed E-state index contributed by atoms with van der Waals surface area (Å²) in [7, 11) is 0. The summed E-state index contributed by atoms with van der Waals surface area (Å²) in [4.78, 5) is 38.6. The van der Waals surface area contributed by atoms with Crippen molar-refractivity contribution in [2.24, 2.45) is 5.92 Å². The number of carbonyl (C=O) groups excluding carboxylic acids is 3. The highest BCUT2D eigenvalue weighted by atomic mass is 32.2. The third kappa shape index (κ3) is 4.80. The lowest BCUT2D eigenvalue weighted by molar-refractivity contribution is -0.137. The van der Waals surface area contributed by atoms with E-state index < -0.39 is 6.04 Å². The molecule has 0 bridgehead atoms. The summed E-state index contributed by atoms with van der Waals surface area (Å²) in [5, 5.41) is 2.88. The normalized spacial score (nSPS) is 26.1. The van der Waals surface area contributed by atoms with Gasteiger partial charge < -0.3 is 9.69 Å². The summed E-state index contributed by atoms with van der Waals surface area (Å²) in [6.07, 6.45) is 9.77. The number of amides is 1. The van der Waals surface area contributed by atoms with E-state index in [0.717, 1.165) is 37.9 Å². The molecule has 1 aliphatic carbocycles. The zero-order chi connectivity index (χ0) is 20.9. The highest BCUT2D eigenvalue weighted by Crippen LogP contribution is 2.31. The minimum atomic E-state index is -0.472. The minimum absolute atomic E-state index is 0.0752. The van der Waals surface area contributed by atoms with Gasteiger partial charge in [0.15, 0.2) is 0 Å². The molecule has 1 unspecified atom stereocenters. The Morgan fingerprint density at radius 3 is 2.63 bits per heavy atom. The molecule has 0 saturated carbocycles. The maximum atomic E-state index is 12.9. The van der Waals surface area contributed by atoms with Crippen LogP contribution in [0.1, 0.15) is 56.1 Å². The van der Waals surface area contributed by atoms with Crippen molar-refractivity contribution in [2.75, 3.05) is 12.4 Å². The quantitative estimate of drug-likeness (QED) is 0.483. The van der Waals surface area contributed by atoms with Gasteiger partial charge in [0, 0.05) is 18.8 Å². The van der Waals surface area contributed by atoms with Gasteiger partial charge in [-0.3, -0.25) is 14.9 Å². The van der Waals surface area contributed by atoms with Crippen molar-refractivity contribution >= 4 is 29.7 Å². The van der Waals surface area contributed by atoms with Crippen molar-refractivity contribution in [2.45, 2.75) is 75.1 Å². The second-order valence-electron chi connectivity index (χ2n) is 8.90. The maximum Gasteiger partial charge on any atom is 0.241 e. The molecule has 0 aromatic heterocycles. The standard InChI is InChI=1S/C24H32N2O3S/c27-15-20-10-6-12-26(20)24(29)22-23(30-16-25-22)21(28)11-3-1-2-7-17-13-18-8-4-5-9-19(18)14-17/h4-5,8-9,15,17,20,22-23,25H,1-3,6-7,10-14,16H2/t20-,22-,23?/m0/s1. The molecule has 162 valence electrons. The minimum Gasteiger partial charge on any atom is -0.332 e. The Hall–Kier alpha value is -1.66. The van der Waals surface area contributed by atoms with E-state index in [1.54, 1.807) is 4.90 Å². The number of rotatable bonds is 9. The topological polar surface area (TPSA) is 66.5 Å². The van der Waals surface area contributed by atoms with E-state index >= 15 is 0 Å². The van der Waals surface area contributed by atoms with Gasteiger partial charge in [0.1, 0.15) is 18.1 Å². The molecule has 0 radical (unpaired) electrons. The van der Waals surface area contributed by atoms with Gasteiger partial charge in [-0.05, 0) is 55.6 Å². The second-order valence-corrected chi connectivity index (χ2v) is 10.0. The Morgan fingerprint density at radius 2 is 1.90 bits per heavy atom. The van der Waals surface area contributed by atoms with E-state index in [-0.39, 0.29) is 23.0 Å². The third-order valence-electron chi connectivity index (χ3n) is 6.86. The molecule has 2 aliphatic heterocycles. The van der Waals surface area contributed by atoms with Crippen LogP contribution in [0.15, 0.2) is 24.3 Å². The number of likely N-dealkylation sites (tertiary alicyclic amines) is 1. The molecule has 1 N–H and O–H groups in total. The largest absolute Gasteiger partial charge is 0.332 e. The number of thioether (sulfide) groups is 1. The number of unbranched alkanes of at least 4 members (excludes halogenated alkanes) is 2. The summed E-state index contributed by atoms with van der Waals surface area (Å²) >= 11 is 1.54. The first-order valence-corrected chi connectivity index (χ1v) is 12.4. The fourth-order valence-corrected chi connectivity index (χ4v) is 6.38. The lowest BCUT2D eigenvalue weighted by atomic mass is 9.97. The maximum absolute atomic E-state index is 12.9. The lowest BCUT2D eigenvalue weighted by Gasteiger charge is -2.26. The molecule has 5 nitrogen and oxygen atoms in total. The monoisotopic (exact) mass is 428 g/mol. The van der Waals surface area contributed by atoms with Gasteiger partial charge in [0.25, 0.3) is 0 Å². The van der Waals surface area contributed by atoms with Crippen LogP contribution >= 0.6 is 11.8 Å². The zero-order valence-corrected chi connectivity index (χ0v) is 18.4. The molecule has 1 aromatic rings. The van der Waals surface area contributed by atoms with Gasteiger partial charge in [0.05, 0.1) is 11.3 Å². The van der Waals surface area contributed by atoms with E-state index in [2.05, 4.69) is 29.6 Å². The molecule has 1 amide bonds. The van der Waals surface area contributed by atoms with Crippen LogP contribution in [0.25, 0.3) is 0 Å². The number of carbonyl (C=O) groups is 3. The van der Waals surface area contributed by atoms with Crippen molar-refractivity contribution in [3.8, 4) is 0 Å². The molecule has 30 heavy (non-hydrogen) atoms. The highest BCUT2D eigenvalue weighted by Gasteiger charge is 2.42. The van der Waals surface area contributed by atoms with Gasteiger partial charge >= 0.3 is 0 Å². The number of fused-ring (bicyclic) bond motifs is 1. The van der Waals surface area contributed by atoms with Crippen LogP contribution in [0.4, 0.5) is 0 Å². The molecule has 2 fully saturated rings. The third-order valence-corrected chi connectivity index (χ3v) is 8.09.